The van der Waals surface area contributed by atoms with Crippen LogP contribution in [0.25, 0.3) is 11.3 Å². The summed E-state index contributed by atoms with van der Waals surface area (Å²) in [6, 6.07) is 20.1. The number of aromatic nitrogens is 1. The average molecular weight is 459 g/mol. The fourth-order valence-corrected chi connectivity index (χ4v) is 4.59. The quantitative estimate of drug-likeness (QED) is 0.579. The molecule has 1 aliphatic carbocycles. The summed E-state index contributed by atoms with van der Waals surface area (Å²) in [7, 11) is 0. The molecule has 6 heteroatoms. The van der Waals surface area contributed by atoms with E-state index in [2.05, 4.69) is 33.4 Å². The first kappa shape index (κ1) is 23.0. The Kier molecular flexibility index (Phi) is 7.08. The molecule has 0 atom stereocenters. The molecular weight excluding hydrogens is 432 g/mol. The van der Waals surface area contributed by atoms with Gasteiger partial charge in [0, 0.05) is 36.6 Å². The molecule has 2 heterocycles. The maximum atomic E-state index is 12.8. The SMILES string of the molecule is Cl.N#Cc1cccc(-c2ccc(C(=O)Nc3ccc4c(c3)CCN(C3CCC3)CC4)cn2)c1. The maximum Gasteiger partial charge on any atom is 0.257 e. The van der Waals surface area contributed by atoms with Crippen LogP contribution in [-0.4, -0.2) is 34.9 Å². The second-order valence-electron chi connectivity index (χ2n) is 8.68. The minimum Gasteiger partial charge on any atom is -0.322 e. The number of hydrogen-bond acceptors (Lipinski definition) is 4. The van der Waals surface area contributed by atoms with Crippen LogP contribution in [-0.2, 0) is 12.8 Å². The third-order valence-corrected chi connectivity index (χ3v) is 6.71. The third-order valence-electron chi connectivity index (χ3n) is 6.71. The lowest BCUT2D eigenvalue weighted by molar-refractivity contribution is 0.102. The molecule has 3 aromatic rings. The van der Waals surface area contributed by atoms with Gasteiger partial charge in [-0.25, -0.2) is 0 Å². The van der Waals surface area contributed by atoms with Gasteiger partial charge in [-0.1, -0.05) is 24.6 Å². The Hall–Kier alpha value is -3.20. The Morgan fingerprint density at radius 2 is 1.85 bits per heavy atom. The molecule has 0 saturated heterocycles. The van der Waals surface area contributed by atoms with E-state index >= 15 is 0 Å². The normalized spacial score (nSPS) is 15.8. The molecular formula is C27H27ClN4O. The summed E-state index contributed by atoms with van der Waals surface area (Å²) in [6.07, 6.45) is 7.75. The van der Waals surface area contributed by atoms with Gasteiger partial charge in [0.1, 0.15) is 0 Å². The summed E-state index contributed by atoms with van der Waals surface area (Å²) in [5.41, 5.74) is 6.27. The highest BCUT2D eigenvalue weighted by Crippen LogP contribution is 2.28. The van der Waals surface area contributed by atoms with Crippen molar-refractivity contribution in [3.05, 3.63) is 83.0 Å². The predicted octanol–water partition coefficient (Wildman–Crippen LogP) is 5.25. The van der Waals surface area contributed by atoms with E-state index in [0.29, 0.717) is 11.1 Å². The minimum absolute atomic E-state index is 0. The average Bonchev–Trinajstić information content (AvgIpc) is 3.00. The van der Waals surface area contributed by atoms with E-state index in [4.69, 9.17) is 5.26 Å². The van der Waals surface area contributed by atoms with Crippen LogP contribution in [0.5, 0.6) is 0 Å². The van der Waals surface area contributed by atoms with Crippen molar-refractivity contribution in [3.8, 4) is 17.3 Å². The van der Waals surface area contributed by atoms with Gasteiger partial charge in [-0.2, -0.15) is 5.26 Å². The van der Waals surface area contributed by atoms with Crippen LogP contribution in [0.2, 0.25) is 0 Å². The van der Waals surface area contributed by atoms with Crippen molar-refractivity contribution in [1.29, 1.82) is 5.26 Å². The number of benzene rings is 2. The maximum absolute atomic E-state index is 12.8. The Morgan fingerprint density at radius 1 is 1.03 bits per heavy atom. The fourth-order valence-electron chi connectivity index (χ4n) is 4.59. The highest BCUT2D eigenvalue weighted by molar-refractivity contribution is 6.04. The lowest BCUT2D eigenvalue weighted by Crippen LogP contribution is -2.41. The summed E-state index contributed by atoms with van der Waals surface area (Å²) < 4.78 is 0. The van der Waals surface area contributed by atoms with Crippen molar-refractivity contribution < 1.29 is 4.79 Å². The van der Waals surface area contributed by atoms with Crippen molar-refractivity contribution >= 4 is 24.0 Å². The zero-order chi connectivity index (χ0) is 21.9. The number of carbonyl (C=O) groups excluding carboxylic acids is 1. The zero-order valence-electron chi connectivity index (χ0n) is 18.5. The van der Waals surface area contributed by atoms with Crippen molar-refractivity contribution in [2.45, 2.75) is 38.1 Å². The van der Waals surface area contributed by atoms with Crippen molar-refractivity contribution in [2.24, 2.45) is 0 Å². The number of fused-ring (bicyclic) bond motifs is 1. The van der Waals surface area contributed by atoms with Gasteiger partial charge in [0.15, 0.2) is 0 Å². The van der Waals surface area contributed by atoms with Gasteiger partial charge in [0.2, 0.25) is 0 Å². The molecule has 168 valence electrons. The first-order valence-electron chi connectivity index (χ1n) is 11.3. The summed E-state index contributed by atoms with van der Waals surface area (Å²) in [5.74, 6) is -0.167. The Labute approximate surface area is 200 Å². The van der Waals surface area contributed by atoms with E-state index in [-0.39, 0.29) is 18.3 Å². The number of nitriles is 1. The van der Waals surface area contributed by atoms with Gasteiger partial charge in [0.25, 0.3) is 5.91 Å². The smallest absolute Gasteiger partial charge is 0.257 e. The van der Waals surface area contributed by atoms with E-state index < -0.39 is 0 Å². The number of rotatable bonds is 4. The van der Waals surface area contributed by atoms with E-state index in [9.17, 15) is 4.79 Å². The first-order valence-corrected chi connectivity index (χ1v) is 11.3. The van der Waals surface area contributed by atoms with Crippen LogP contribution < -0.4 is 5.32 Å². The monoisotopic (exact) mass is 458 g/mol. The number of carbonyl (C=O) groups is 1. The van der Waals surface area contributed by atoms with Gasteiger partial charge in [-0.3, -0.25) is 14.7 Å². The van der Waals surface area contributed by atoms with Crippen LogP contribution in [0.1, 0.15) is 46.3 Å². The third kappa shape index (κ3) is 5.08. The number of nitrogens with zero attached hydrogens (tertiary/aromatic N) is 3. The van der Waals surface area contributed by atoms with Crippen LogP contribution in [0, 0.1) is 11.3 Å². The Morgan fingerprint density at radius 3 is 2.55 bits per heavy atom. The highest BCUT2D eigenvalue weighted by Gasteiger charge is 2.26. The standard InChI is InChI=1S/C27H26N4O.ClH/c28-17-19-3-1-4-22(15-19)26-10-8-23(18-29-26)27(32)30-24-9-7-20-11-13-31(25-5-2-6-25)14-12-21(20)16-24;/h1,3-4,7-10,15-16,18,25H,2,5-6,11-14H2,(H,30,32);1H. The summed E-state index contributed by atoms with van der Waals surface area (Å²) >= 11 is 0. The molecule has 0 radical (unpaired) electrons. The molecule has 0 spiro atoms. The van der Waals surface area contributed by atoms with Gasteiger partial charge >= 0.3 is 0 Å². The largest absolute Gasteiger partial charge is 0.322 e. The predicted molar refractivity (Wildman–Crippen MR) is 133 cm³/mol. The Balaban J connectivity index is 0.00000259. The molecule has 0 bridgehead atoms. The molecule has 1 fully saturated rings. The van der Waals surface area contributed by atoms with Gasteiger partial charge < -0.3 is 5.32 Å². The van der Waals surface area contributed by atoms with Crippen LogP contribution >= 0.6 is 12.4 Å². The number of anilines is 1. The lowest BCUT2D eigenvalue weighted by Gasteiger charge is -2.36. The number of hydrogen-bond donors (Lipinski definition) is 1. The van der Waals surface area contributed by atoms with E-state index in [1.807, 2.05) is 24.3 Å². The molecule has 1 N–H and O–H groups in total. The molecule has 1 aromatic heterocycles. The lowest BCUT2D eigenvalue weighted by atomic mass is 9.91. The number of nitrogens with one attached hydrogen (secondary N) is 1. The molecule has 1 amide bonds. The molecule has 1 saturated carbocycles. The van der Waals surface area contributed by atoms with E-state index in [1.165, 1.54) is 30.4 Å². The Bertz CT molecular complexity index is 1180. The molecule has 0 unspecified atom stereocenters. The van der Waals surface area contributed by atoms with Crippen molar-refractivity contribution in [1.82, 2.24) is 9.88 Å². The summed E-state index contributed by atoms with van der Waals surface area (Å²) in [5, 5.41) is 12.1. The van der Waals surface area contributed by atoms with Crippen molar-refractivity contribution in [2.75, 3.05) is 18.4 Å². The van der Waals surface area contributed by atoms with Gasteiger partial charge in [0.05, 0.1) is 22.9 Å². The minimum atomic E-state index is -0.167. The molecule has 1 aliphatic heterocycles. The van der Waals surface area contributed by atoms with Gasteiger partial charge in [-0.15, -0.1) is 12.4 Å². The summed E-state index contributed by atoms with van der Waals surface area (Å²) in [4.78, 5) is 19.9. The molecule has 33 heavy (non-hydrogen) atoms. The highest BCUT2D eigenvalue weighted by atomic mass is 35.5. The van der Waals surface area contributed by atoms with E-state index in [1.54, 1.807) is 24.4 Å². The second-order valence-corrected chi connectivity index (χ2v) is 8.68. The first-order chi connectivity index (χ1) is 15.7. The van der Waals surface area contributed by atoms with Crippen LogP contribution in [0.3, 0.4) is 0 Å². The zero-order valence-corrected chi connectivity index (χ0v) is 19.3. The van der Waals surface area contributed by atoms with E-state index in [0.717, 1.165) is 48.9 Å². The number of amides is 1. The van der Waals surface area contributed by atoms with Gasteiger partial charge in [-0.05, 0) is 73.2 Å². The second kappa shape index (κ2) is 10.2. The molecule has 2 aliphatic rings. The fraction of sp³-hybridized carbons (Fsp3) is 0.296. The summed E-state index contributed by atoms with van der Waals surface area (Å²) in [6.45, 7) is 2.24. The molecule has 5 rings (SSSR count). The number of halogens is 1. The topological polar surface area (TPSA) is 69.0 Å². The molecule has 5 nitrogen and oxygen atoms in total. The molecule has 2 aromatic carbocycles. The van der Waals surface area contributed by atoms with Crippen LogP contribution in [0.15, 0.2) is 60.8 Å². The number of pyridine rings is 1. The van der Waals surface area contributed by atoms with Crippen molar-refractivity contribution in [3.63, 3.8) is 0 Å². The van der Waals surface area contributed by atoms with Crippen LogP contribution in [0.4, 0.5) is 5.69 Å².